The maximum absolute atomic E-state index is 13.7. The van der Waals surface area contributed by atoms with E-state index in [1.165, 1.54) is 6.92 Å². The predicted octanol–water partition coefficient (Wildman–Crippen LogP) is 1.32. The first-order valence-corrected chi connectivity index (χ1v) is 5.94. The van der Waals surface area contributed by atoms with Crippen LogP contribution in [0.5, 0.6) is 0 Å². The van der Waals surface area contributed by atoms with Crippen LogP contribution < -0.4 is 5.32 Å². The lowest BCUT2D eigenvalue weighted by Gasteiger charge is -2.14. The molecule has 1 atom stereocenters. The minimum atomic E-state index is -1.55. The molecule has 21 heavy (non-hydrogen) atoms. The normalized spacial score (nSPS) is 11.8. The highest BCUT2D eigenvalue weighted by Gasteiger charge is 2.25. The number of carboxylic acid groups (broad SMARTS) is 2. The summed E-state index contributed by atoms with van der Waals surface area (Å²) >= 11 is 0. The number of carboxylic acids is 2. The molecule has 0 spiro atoms. The lowest BCUT2D eigenvalue weighted by Crippen LogP contribution is -2.41. The van der Waals surface area contributed by atoms with E-state index in [0.29, 0.717) is 0 Å². The Kier molecular flexibility index (Phi) is 5.34. The molecule has 3 N–H and O–H groups in total. The third kappa shape index (κ3) is 4.23. The van der Waals surface area contributed by atoms with Crippen LogP contribution in [0.1, 0.15) is 28.8 Å². The molecule has 1 unspecified atom stereocenters. The average molecular weight is 301 g/mol. The first-order chi connectivity index (χ1) is 9.73. The molecule has 0 aliphatic carbocycles. The second-order valence-electron chi connectivity index (χ2n) is 4.35. The number of carbonyl (C=O) groups excluding carboxylic acids is 1. The molecular weight excluding hydrogens is 288 g/mol. The fourth-order valence-electron chi connectivity index (χ4n) is 1.62. The zero-order chi connectivity index (χ0) is 16.2. The van der Waals surface area contributed by atoms with Crippen LogP contribution in [0.3, 0.4) is 0 Å². The zero-order valence-electron chi connectivity index (χ0n) is 11.0. The van der Waals surface area contributed by atoms with Crippen LogP contribution in [-0.2, 0) is 9.59 Å². The molecule has 1 amide bonds. The summed E-state index contributed by atoms with van der Waals surface area (Å²) in [7, 11) is 0. The minimum Gasteiger partial charge on any atom is -0.481 e. The van der Waals surface area contributed by atoms with Gasteiger partial charge in [-0.2, -0.15) is 0 Å². The van der Waals surface area contributed by atoms with Gasteiger partial charge in [0, 0.05) is 6.42 Å². The third-order valence-electron chi connectivity index (χ3n) is 2.76. The summed E-state index contributed by atoms with van der Waals surface area (Å²) in [6.07, 6.45) is -0.901. The highest BCUT2D eigenvalue weighted by molar-refractivity contribution is 5.97. The maximum Gasteiger partial charge on any atom is 0.326 e. The number of amides is 1. The zero-order valence-corrected chi connectivity index (χ0v) is 11.0. The molecule has 0 saturated carbocycles. The molecule has 0 saturated heterocycles. The van der Waals surface area contributed by atoms with Crippen LogP contribution in [0.25, 0.3) is 0 Å². The van der Waals surface area contributed by atoms with Crippen LogP contribution >= 0.6 is 0 Å². The van der Waals surface area contributed by atoms with Gasteiger partial charge in [-0.1, -0.05) is 6.07 Å². The summed E-state index contributed by atoms with van der Waals surface area (Å²) in [5, 5.41) is 19.3. The number of rotatable bonds is 6. The summed E-state index contributed by atoms with van der Waals surface area (Å²) in [6.45, 7) is 1.32. The average Bonchev–Trinajstić information content (AvgIpc) is 2.38. The van der Waals surface area contributed by atoms with Gasteiger partial charge in [-0.3, -0.25) is 9.59 Å². The standard InChI is InChI=1S/C13H13F2NO5/c1-6-2-3-7(14)10(11(6)15)12(19)16-8(13(20)21)4-5-9(17)18/h2-3,8H,4-5H2,1H3,(H,16,19)(H,17,18)(H,20,21). The van der Waals surface area contributed by atoms with Gasteiger partial charge in [0.1, 0.15) is 23.2 Å². The number of nitrogens with one attached hydrogen (secondary N) is 1. The molecule has 0 fully saturated rings. The molecule has 8 heteroatoms. The lowest BCUT2D eigenvalue weighted by molar-refractivity contribution is -0.140. The third-order valence-corrected chi connectivity index (χ3v) is 2.76. The number of benzene rings is 1. The van der Waals surface area contributed by atoms with Crippen LogP contribution in [0, 0.1) is 18.6 Å². The van der Waals surface area contributed by atoms with Gasteiger partial charge < -0.3 is 15.5 Å². The van der Waals surface area contributed by atoms with Gasteiger partial charge in [0.2, 0.25) is 0 Å². The number of halogens is 2. The second kappa shape index (κ2) is 6.78. The van der Waals surface area contributed by atoms with E-state index in [4.69, 9.17) is 10.2 Å². The molecule has 0 aromatic heterocycles. The van der Waals surface area contributed by atoms with Crippen molar-refractivity contribution in [2.45, 2.75) is 25.8 Å². The fourth-order valence-corrected chi connectivity index (χ4v) is 1.62. The van der Waals surface area contributed by atoms with Gasteiger partial charge in [0.05, 0.1) is 0 Å². The number of hydrogen-bond acceptors (Lipinski definition) is 3. The number of carbonyl (C=O) groups is 3. The van der Waals surface area contributed by atoms with Crippen molar-refractivity contribution in [1.29, 1.82) is 0 Å². The first-order valence-electron chi connectivity index (χ1n) is 5.94. The molecule has 0 radical (unpaired) electrons. The summed E-state index contributed by atoms with van der Waals surface area (Å²) in [5.74, 6) is -6.19. The van der Waals surface area contributed by atoms with Crippen LogP contribution in [0.15, 0.2) is 12.1 Å². The Labute approximate surface area is 118 Å². The molecular formula is C13H13F2NO5. The molecule has 114 valence electrons. The van der Waals surface area contributed by atoms with E-state index in [0.717, 1.165) is 12.1 Å². The molecule has 1 aromatic carbocycles. The highest BCUT2D eigenvalue weighted by atomic mass is 19.1. The molecule has 0 aliphatic heterocycles. The highest BCUT2D eigenvalue weighted by Crippen LogP contribution is 2.16. The van der Waals surface area contributed by atoms with Crippen molar-refractivity contribution in [1.82, 2.24) is 5.32 Å². The predicted molar refractivity (Wildman–Crippen MR) is 66.9 cm³/mol. The second-order valence-corrected chi connectivity index (χ2v) is 4.35. The SMILES string of the molecule is Cc1ccc(F)c(C(=O)NC(CCC(=O)O)C(=O)O)c1F. The van der Waals surface area contributed by atoms with Gasteiger partial charge in [0.15, 0.2) is 0 Å². The Bertz CT molecular complexity index is 588. The fraction of sp³-hybridized carbons (Fsp3) is 0.308. The number of aryl methyl sites for hydroxylation is 1. The Balaban J connectivity index is 2.95. The van der Waals surface area contributed by atoms with Gasteiger partial charge >= 0.3 is 11.9 Å². The Hall–Kier alpha value is -2.51. The summed E-state index contributed by atoms with van der Waals surface area (Å²) in [6, 6.07) is 0.480. The van der Waals surface area contributed by atoms with E-state index in [1.54, 1.807) is 0 Å². The van der Waals surface area contributed by atoms with Gasteiger partial charge in [0.25, 0.3) is 5.91 Å². The molecule has 0 heterocycles. The first kappa shape index (κ1) is 16.5. The van der Waals surface area contributed by atoms with Gasteiger partial charge in [-0.15, -0.1) is 0 Å². The van der Waals surface area contributed by atoms with E-state index in [1.807, 2.05) is 5.32 Å². The van der Waals surface area contributed by atoms with Crippen molar-refractivity contribution in [2.75, 3.05) is 0 Å². The van der Waals surface area contributed by atoms with Crippen molar-refractivity contribution in [3.05, 3.63) is 34.9 Å². The lowest BCUT2D eigenvalue weighted by atomic mass is 10.1. The van der Waals surface area contributed by atoms with Crippen molar-refractivity contribution in [3.8, 4) is 0 Å². The Morgan fingerprint density at radius 2 is 1.86 bits per heavy atom. The van der Waals surface area contributed by atoms with E-state index in [9.17, 15) is 23.2 Å². The number of aliphatic carboxylic acids is 2. The minimum absolute atomic E-state index is 0.0268. The van der Waals surface area contributed by atoms with E-state index < -0.39 is 53.9 Å². The van der Waals surface area contributed by atoms with Gasteiger partial charge in [-0.05, 0) is 25.0 Å². The monoisotopic (exact) mass is 301 g/mol. The summed E-state index contributed by atoms with van der Waals surface area (Å²) < 4.78 is 27.2. The van der Waals surface area contributed by atoms with Crippen LogP contribution in [0.4, 0.5) is 8.78 Å². The van der Waals surface area contributed by atoms with E-state index in [-0.39, 0.29) is 5.56 Å². The molecule has 6 nitrogen and oxygen atoms in total. The van der Waals surface area contributed by atoms with Crippen LogP contribution in [0.2, 0.25) is 0 Å². The molecule has 1 rings (SSSR count). The Morgan fingerprint density at radius 1 is 1.24 bits per heavy atom. The van der Waals surface area contributed by atoms with Crippen molar-refractivity contribution >= 4 is 17.8 Å². The summed E-state index contributed by atoms with van der Waals surface area (Å²) in [5.41, 5.74) is -0.865. The smallest absolute Gasteiger partial charge is 0.326 e. The van der Waals surface area contributed by atoms with Crippen LogP contribution in [-0.4, -0.2) is 34.1 Å². The van der Waals surface area contributed by atoms with Crippen molar-refractivity contribution in [3.63, 3.8) is 0 Å². The van der Waals surface area contributed by atoms with Crippen molar-refractivity contribution < 1.29 is 33.4 Å². The topological polar surface area (TPSA) is 104 Å². The quantitative estimate of drug-likeness (QED) is 0.735. The Morgan fingerprint density at radius 3 is 2.38 bits per heavy atom. The molecule has 0 bridgehead atoms. The van der Waals surface area contributed by atoms with E-state index >= 15 is 0 Å². The maximum atomic E-state index is 13.7. The van der Waals surface area contributed by atoms with Crippen molar-refractivity contribution in [2.24, 2.45) is 0 Å². The van der Waals surface area contributed by atoms with Gasteiger partial charge in [-0.25, -0.2) is 13.6 Å². The molecule has 0 aliphatic rings. The van der Waals surface area contributed by atoms with E-state index in [2.05, 4.69) is 0 Å². The summed E-state index contributed by atoms with van der Waals surface area (Å²) in [4.78, 5) is 33.1. The molecule has 1 aromatic rings. The number of hydrogen-bond donors (Lipinski definition) is 3. The largest absolute Gasteiger partial charge is 0.481 e.